The zero-order chi connectivity index (χ0) is 18.4. The van der Waals surface area contributed by atoms with Gasteiger partial charge in [0.15, 0.2) is 0 Å². The molecule has 0 unspecified atom stereocenters. The molecular formula is C21H16Cl2N2O. The first-order valence-electron chi connectivity index (χ1n) is 7.96. The Labute approximate surface area is 162 Å². The number of amides is 1. The summed E-state index contributed by atoms with van der Waals surface area (Å²) in [7, 11) is 0. The van der Waals surface area contributed by atoms with Gasteiger partial charge in [0.2, 0.25) is 5.91 Å². The first-order valence-corrected chi connectivity index (χ1v) is 8.72. The Morgan fingerprint density at radius 3 is 2.15 bits per heavy atom. The van der Waals surface area contributed by atoms with Gasteiger partial charge in [0.25, 0.3) is 0 Å². The third-order valence-electron chi connectivity index (χ3n) is 3.59. The quantitative estimate of drug-likeness (QED) is 0.502. The van der Waals surface area contributed by atoms with Crippen molar-refractivity contribution >= 4 is 52.2 Å². The summed E-state index contributed by atoms with van der Waals surface area (Å²) < 4.78 is 0. The molecule has 0 spiro atoms. The van der Waals surface area contributed by atoms with Gasteiger partial charge in [-0.2, -0.15) is 0 Å². The maximum Gasteiger partial charge on any atom is 0.248 e. The standard InChI is InChI=1S/C21H16Cl2N2O/c22-16-8-6-15(20(23)14-16)7-13-21(26)25-19-11-9-18(10-12-19)24-17-4-2-1-3-5-17/h1-14,24H,(H,25,26)/b13-7+. The summed E-state index contributed by atoms with van der Waals surface area (Å²) >= 11 is 11.9. The van der Waals surface area contributed by atoms with Crippen molar-refractivity contribution in [3.05, 3.63) is 94.5 Å². The second-order valence-electron chi connectivity index (χ2n) is 5.56. The number of carbonyl (C=O) groups is 1. The summed E-state index contributed by atoms with van der Waals surface area (Å²) in [6, 6.07) is 22.5. The lowest BCUT2D eigenvalue weighted by molar-refractivity contribution is -0.111. The zero-order valence-corrected chi connectivity index (χ0v) is 15.3. The van der Waals surface area contributed by atoms with Crippen molar-refractivity contribution in [3.8, 4) is 0 Å². The third kappa shape index (κ3) is 5.12. The van der Waals surface area contributed by atoms with Crippen LogP contribution in [0.5, 0.6) is 0 Å². The number of hydrogen-bond acceptors (Lipinski definition) is 2. The summed E-state index contributed by atoms with van der Waals surface area (Å²) in [6.07, 6.45) is 3.09. The van der Waals surface area contributed by atoms with Crippen LogP contribution in [-0.4, -0.2) is 5.91 Å². The number of carbonyl (C=O) groups excluding carboxylic acids is 1. The molecule has 3 aromatic carbocycles. The summed E-state index contributed by atoms with van der Waals surface area (Å²) in [5.74, 6) is -0.236. The van der Waals surface area contributed by atoms with Crippen molar-refractivity contribution in [2.24, 2.45) is 0 Å². The highest BCUT2D eigenvalue weighted by molar-refractivity contribution is 6.35. The van der Waals surface area contributed by atoms with E-state index in [9.17, 15) is 4.79 Å². The largest absolute Gasteiger partial charge is 0.356 e. The van der Waals surface area contributed by atoms with Crippen LogP contribution in [0.2, 0.25) is 10.0 Å². The van der Waals surface area contributed by atoms with E-state index in [4.69, 9.17) is 23.2 Å². The average Bonchev–Trinajstić information content (AvgIpc) is 2.63. The highest BCUT2D eigenvalue weighted by atomic mass is 35.5. The van der Waals surface area contributed by atoms with Crippen molar-refractivity contribution in [3.63, 3.8) is 0 Å². The fourth-order valence-corrected chi connectivity index (χ4v) is 2.78. The topological polar surface area (TPSA) is 41.1 Å². The first-order chi connectivity index (χ1) is 12.6. The van der Waals surface area contributed by atoms with Crippen LogP contribution in [-0.2, 0) is 4.79 Å². The van der Waals surface area contributed by atoms with E-state index in [1.165, 1.54) is 6.08 Å². The predicted octanol–water partition coefficient (Wildman–Crippen LogP) is 6.39. The Morgan fingerprint density at radius 1 is 0.808 bits per heavy atom. The van der Waals surface area contributed by atoms with E-state index < -0.39 is 0 Å². The first kappa shape index (κ1) is 18.1. The molecule has 0 heterocycles. The van der Waals surface area contributed by atoms with Crippen molar-refractivity contribution in [1.29, 1.82) is 0 Å². The Morgan fingerprint density at radius 2 is 1.46 bits per heavy atom. The molecule has 0 aliphatic carbocycles. The average molecular weight is 383 g/mol. The molecule has 0 saturated heterocycles. The molecule has 3 nitrogen and oxygen atoms in total. The molecule has 3 aromatic rings. The van der Waals surface area contributed by atoms with Gasteiger partial charge in [-0.1, -0.05) is 47.5 Å². The van der Waals surface area contributed by atoms with Gasteiger partial charge in [0, 0.05) is 33.2 Å². The molecule has 2 N–H and O–H groups in total. The molecular weight excluding hydrogens is 367 g/mol. The number of halogens is 2. The lowest BCUT2D eigenvalue weighted by Crippen LogP contribution is -2.07. The number of benzene rings is 3. The summed E-state index contributed by atoms with van der Waals surface area (Å²) in [4.78, 5) is 12.1. The molecule has 130 valence electrons. The summed E-state index contributed by atoms with van der Waals surface area (Å²) in [5.41, 5.74) is 3.39. The van der Waals surface area contributed by atoms with E-state index in [1.54, 1.807) is 24.3 Å². The van der Waals surface area contributed by atoms with Gasteiger partial charge >= 0.3 is 0 Å². The van der Waals surface area contributed by atoms with Crippen LogP contribution in [0.25, 0.3) is 6.08 Å². The van der Waals surface area contributed by atoms with Gasteiger partial charge in [-0.25, -0.2) is 0 Å². The smallest absolute Gasteiger partial charge is 0.248 e. The van der Waals surface area contributed by atoms with E-state index >= 15 is 0 Å². The maximum absolute atomic E-state index is 12.1. The van der Waals surface area contributed by atoms with Crippen LogP contribution in [0.3, 0.4) is 0 Å². The molecule has 0 aliphatic rings. The van der Waals surface area contributed by atoms with Crippen LogP contribution >= 0.6 is 23.2 Å². The van der Waals surface area contributed by atoms with E-state index in [0.717, 1.165) is 16.9 Å². The number of nitrogens with one attached hydrogen (secondary N) is 2. The van der Waals surface area contributed by atoms with Crippen molar-refractivity contribution < 1.29 is 4.79 Å². The van der Waals surface area contributed by atoms with E-state index in [-0.39, 0.29) is 5.91 Å². The molecule has 1 amide bonds. The fourth-order valence-electron chi connectivity index (χ4n) is 2.31. The zero-order valence-electron chi connectivity index (χ0n) is 13.7. The second-order valence-corrected chi connectivity index (χ2v) is 6.40. The molecule has 0 aromatic heterocycles. The van der Waals surface area contributed by atoms with Crippen LogP contribution in [0.4, 0.5) is 17.1 Å². The molecule has 0 atom stereocenters. The van der Waals surface area contributed by atoms with Crippen molar-refractivity contribution in [1.82, 2.24) is 0 Å². The molecule has 0 radical (unpaired) electrons. The SMILES string of the molecule is O=C(/C=C/c1ccc(Cl)cc1Cl)Nc1ccc(Nc2ccccc2)cc1. The fraction of sp³-hybridized carbons (Fsp3) is 0. The maximum atomic E-state index is 12.1. The predicted molar refractivity (Wildman–Crippen MR) is 110 cm³/mol. The second kappa shape index (κ2) is 8.56. The highest BCUT2D eigenvalue weighted by Crippen LogP contribution is 2.22. The van der Waals surface area contributed by atoms with Gasteiger partial charge < -0.3 is 10.6 Å². The van der Waals surface area contributed by atoms with E-state index in [0.29, 0.717) is 15.7 Å². The molecule has 0 saturated carbocycles. The lowest BCUT2D eigenvalue weighted by atomic mass is 10.2. The number of rotatable bonds is 5. The monoisotopic (exact) mass is 382 g/mol. The summed E-state index contributed by atoms with van der Waals surface area (Å²) in [5, 5.41) is 7.16. The van der Waals surface area contributed by atoms with Crippen LogP contribution < -0.4 is 10.6 Å². The normalized spacial score (nSPS) is 10.7. The van der Waals surface area contributed by atoms with Crippen LogP contribution in [0.1, 0.15) is 5.56 Å². The molecule has 0 fully saturated rings. The van der Waals surface area contributed by atoms with Gasteiger partial charge in [0.1, 0.15) is 0 Å². The Bertz CT molecular complexity index is 923. The van der Waals surface area contributed by atoms with Crippen molar-refractivity contribution in [2.75, 3.05) is 10.6 Å². The minimum absolute atomic E-state index is 0.236. The van der Waals surface area contributed by atoms with Gasteiger partial charge in [-0.15, -0.1) is 0 Å². The molecule has 0 bridgehead atoms. The molecule has 26 heavy (non-hydrogen) atoms. The van der Waals surface area contributed by atoms with Crippen LogP contribution in [0, 0.1) is 0 Å². The van der Waals surface area contributed by atoms with Gasteiger partial charge in [-0.3, -0.25) is 4.79 Å². The Kier molecular flexibility index (Phi) is 5.95. The summed E-state index contributed by atoms with van der Waals surface area (Å²) in [6.45, 7) is 0. The van der Waals surface area contributed by atoms with E-state index in [2.05, 4.69) is 10.6 Å². The number of para-hydroxylation sites is 1. The molecule has 0 aliphatic heterocycles. The number of hydrogen-bond donors (Lipinski definition) is 2. The Balaban J connectivity index is 1.60. The highest BCUT2D eigenvalue weighted by Gasteiger charge is 2.01. The molecule has 3 rings (SSSR count). The van der Waals surface area contributed by atoms with Gasteiger partial charge in [0.05, 0.1) is 0 Å². The Hall–Kier alpha value is -2.75. The van der Waals surface area contributed by atoms with Crippen LogP contribution in [0.15, 0.2) is 78.9 Å². The van der Waals surface area contributed by atoms with Gasteiger partial charge in [-0.05, 0) is 60.2 Å². The minimum atomic E-state index is -0.236. The van der Waals surface area contributed by atoms with Crippen molar-refractivity contribution in [2.45, 2.75) is 0 Å². The number of anilines is 3. The van der Waals surface area contributed by atoms with E-state index in [1.807, 2.05) is 54.6 Å². The minimum Gasteiger partial charge on any atom is -0.356 e. The lowest BCUT2D eigenvalue weighted by Gasteiger charge is -2.07. The third-order valence-corrected chi connectivity index (χ3v) is 4.15. The molecule has 5 heteroatoms.